The van der Waals surface area contributed by atoms with E-state index in [1.165, 1.54) is 4.90 Å². The molecule has 4 N–H and O–H groups in total. The number of benzene rings is 1. The first-order valence-electron chi connectivity index (χ1n) is 9.77. The fourth-order valence-corrected chi connectivity index (χ4v) is 3.48. The van der Waals surface area contributed by atoms with Crippen LogP contribution in [0, 0.1) is 11.8 Å². The van der Waals surface area contributed by atoms with E-state index in [4.69, 9.17) is 15.2 Å². The Hall–Kier alpha value is -3.87. The number of aromatic nitrogens is 2. The molecular formula is C21H25N5O5. The third-order valence-corrected chi connectivity index (χ3v) is 4.96. The quantitative estimate of drug-likeness (QED) is 0.599. The third-order valence-electron chi connectivity index (χ3n) is 4.96. The summed E-state index contributed by atoms with van der Waals surface area (Å²) in [6, 6.07) is 4.98. The van der Waals surface area contributed by atoms with Crippen molar-refractivity contribution in [2.24, 2.45) is 5.73 Å². The fraction of sp³-hybridized carbons (Fsp3) is 0.381. The average Bonchev–Trinajstić information content (AvgIpc) is 3.37. The second kappa shape index (κ2) is 9.30. The first kappa shape index (κ1) is 21.8. The SMILES string of the molecule is CCNc1c(C(N)=O)c(C#Cc2cc(OC)cc(OC)c2)nn1C1CCN(C(=O)O)C1. The summed E-state index contributed by atoms with van der Waals surface area (Å²) < 4.78 is 12.1. The number of nitrogens with zero attached hydrogens (tertiary/aromatic N) is 3. The second-order valence-corrected chi connectivity index (χ2v) is 6.93. The predicted octanol–water partition coefficient (Wildman–Crippen LogP) is 1.76. The van der Waals surface area contributed by atoms with Gasteiger partial charge in [0.25, 0.3) is 5.91 Å². The number of carboxylic acid groups (broad SMARTS) is 1. The molecule has 1 fully saturated rings. The Labute approximate surface area is 179 Å². The lowest BCUT2D eigenvalue weighted by Gasteiger charge is -2.16. The highest BCUT2D eigenvalue weighted by Crippen LogP contribution is 2.29. The van der Waals surface area contributed by atoms with Gasteiger partial charge in [-0.2, -0.15) is 5.10 Å². The van der Waals surface area contributed by atoms with Crippen LogP contribution in [0.3, 0.4) is 0 Å². The Morgan fingerprint density at radius 3 is 2.45 bits per heavy atom. The zero-order valence-electron chi connectivity index (χ0n) is 17.6. The van der Waals surface area contributed by atoms with Crippen molar-refractivity contribution in [3.63, 3.8) is 0 Å². The number of anilines is 1. The second-order valence-electron chi connectivity index (χ2n) is 6.93. The monoisotopic (exact) mass is 427 g/mol. The van der Waals surface area contributed by atoms with Crippen LogP contribution in [0.2, 0.25) is 0 Å². The first-order valence-corrected chi connectivity index (χ1v) is 9.77. The Bertz CT molecular complexity index is 1030. The lowest BCUT2D eigenvalue weighted by molar-refractivity contribution is 0.100. The van der Waals surface area contributed by atoms with E-state index in [-0.39, 0.29) is 23.8 Å². The Morgan fingerprint density at radius 2 is 1.94 bits per heavy atom. The van der Waals surface area contributed by atoms with Crippen molar-refractivity contribution in [1.82, 2.24) is 14.7 Å². The van der Waals surface area contributed by atoms with Crippen LogP contribution in [0.5, 0.6) is 11.5 Å². The molecule has 1 unspecified atom stereocenters. The maximum absolute atomic E-state index is 12.2. The number of carbonyl (C=O) groups is 2. The molecule has 0 aliphatic carbocycles. The van der Waals surface area contributed by atoms with E-state index in [1.54, 1.807) is 37.1 Å². The number of amides is 2. The number of methoxy groups -OCH3 is 2. The van der Waals surface area contributed by atoms with Crippen LogP contribution in [0.25, 0.3) is 0 Å². The molecule has 1 saturated heterocycles. The molecule has 31 heavy (non-hydrogen) atoms. The average molecular weight is 427 g/mol. The van der Waals surface area contributed by atoms with Crippen molar-refractivity contribution in [3.8, 4) is 23.3 Å². The van der Waals surface area contributed by atoms with Gasteiger partial charge in [0, 0.05) is 31.3 Å². The van der Waals surface area contributed by atoms with Crippen molar-refractivity contribution in [2.75, 3.05) is 39.2 Å². The fourth-order valence-electron chi connectivity index (χ4n) is 3.48. The molecule has 2 amide bonds. The Kier molecular flexibility index (Phi) is 6.55. The van der Waals surface area contributed by atoms with Crippen molar-refractivity contribution in [2.45, 2.75) is 19.4 Å². The molecule has 10 nitrogen and oxygen atoms in total. The van der Waals surface area contributed by atoms with E-state index in [0.29, 0.717) is 42.4 Å². The molecule has 164 valence electrons. The first-order chi connectivity index (χ1) is 14.9. The van der Waals surface area contributed by atoms with Crippen LogP contribution in [0.15, 0.2) is 18.2 Å². The zero-order chi connectivity index (χ0) is 22.5. The maximum atomic E-state index is 12.2. The van der Waals surface area contributed by atoms with Gasteiger partial charge in [-0.05, 0) is 31.4 Å². The largest absolute Gasteiger partial charge is 0.497 e. The van der Waals surface area contributed by atoms with Gasteiger partial charge in [0.2, 0.25) is 0 Å². The number of ether oxygens (including phenoxy) is 2. The molecule has 2 aromatic rings. The smallest absolute Gasteiger partial charge is 0.407 e. The number of likely N-dealkylation sites (tertiary alicyclic amines) is 1. The van der Waals surface area contributed by atoms with Crippen molar-refractivity contribution >= 4 is 17.8 Å². The Balaban J connectivity index is 2.05. The van der Waals surface area contributed by atoms with E-state index >= 15 is 0 Å². The number of hydrogen-bond donors (Lipinski definition) is 3. The highest BCUT2D eigenvalue weighted by atomic mass is 16.5. The molecule has 1 aliphatic heterocycles. The number of nitrogens with one attached hydrogen (secondary N) is 1. The van der Waals surface area contributed by atoms with Gasteiger partial charge >= 0.3 is 6.09 Å². The molecular weight excluding hydrogens is 402 g/mol. The molecule has 3 rings (SSSR count). The number of nitrogens with two attached hydrogens (primary N) is 1. The molecule has 0 saturated carbocycles. The van der Waals surface area contributed by atoms with Crippen LogP contribution >= 0.6 is 0 Å². The maximum Gasteiger partial charge on any atom is 0.407 e. The molecule has 1 atom stereocenters. The molecule has 1 aromatic heterocycles. The van der Waals surface area contributed by atoms with E-state index in [1.807, 2.05) is 6.92 Å². The van der Waals surface area contributed by atoms with Crippen LogP contribution in [0.1, 0.15) is 41.0 Å². The predicted molar refractivity (Wildman–Crippen MR) is 114 cm³/mol. The lowest BCUT2D eigenvalue weighted by Crippen LogP contribution is -2.27. The van der Waals surface area contributed by atoms with Gasteiger partial charge in [-0.15, -0.1) is 0 Å². The summed E-state index contributed by atoms with van der Waals surface area (Å²) in [5.74, 6) is 6.85. The van der Waals surface area contributed by atoms with Gasteiger partial charge in [0.1, 0.15) is 22.9 Å². The van der Waals surface area contributed by atoms with Crippen LogP contribution in [-0.2, 0) is 0 Å². The van der Waals surface area contributed by atoms with Crippen LogP contribution in [-0.4, -0.2) is 65.6 Å². The van der Waals surface area contributed by atoms with Gasteiger partial charge in [0.05, 0.1) is 20.3 Å². The molecule has 1 aliphatic rings. The minimum atomic E-state index is -0.984. The molecule has 0 bridgehead atoms. The molecule has 1 aromatic carbocycles. The summed E-state index contributed by atoms with van der Waals surface area (Å²) in [6.07, 6.45) is -0.411. The number of primary amides is 1. The molecule has 2 heterocycles. The summed E-state index contributed by atoms with van der Waals surface area (Å²) in [6.45, 7) is 3.07. The van der Waals surface area contributed by atoms with Crippen molar-refractivity contribution in [3.05, 3.63) is 35.0 Å². The van der Waals surface area contributed by atoms with E-state index in [2.05, 4.69) is 22.3 Å². The van der Waals surface area contributed by atoms with Gasteiger partial charge in [-0.1, -0.05) is 5.92 Å². The topological polar surface area (TPSA) is 132 Å². The summed E-state index contributed by atoms with van der Waals surface area (Å²) in [5.41, 5.74) is 6.66. The third kappa shape index (κ3) is 4.66. The minimum Gasteiger partial charge on any atom is -0.497 e. The van der Waals surface area contributed by atoms with E-state index < -0.39 is 12.0 Å². The van der Waals surface area contributed by atoms with Gasteiger partial charge in [-0.25, -0.2) is 9.48 Å². The normalized spacial score (nSPS) is 15.2. The summed E-state index contributed by atoms with van der Waals surface area (Å²) >= 11 is 0. The van der Waals surface area contributed by atoms with Crippen molar-refractivity contribution < 1.29 is 24.2 Å². The van der Waals surface area contributed by atoms with E-state index in [0.717, 1.165) is 0 Å². The highest BCUT2D eigenvalue weighted by Gasteiger charge is 2.32. The molecule has 10 heteroatoms. The zero-order valence-corrected chi connectivity index (χ0v) is 17.6. The van der Waals surface area contributed by atoms with Gasteiger partial charge < -0.3 is 30.5 Å². The van der Waals surface area contributed by atoms with Gasteiger partial charge in [-0.3, -0.25) is 4.79 Å². The number of rotatable bonds is 6. The van der Waals surface area contributed by atoms with E-state index in [9.17, 15) is 14.7 Å². The molecule has 0 radical (unpaired) electrons. The lowest BCUT2D eigenvalue weighted by atomic mass is 10.1. The Morgan fingerprint density at radius 1 is 1.26 bits per heavy atom. The van der Waals surface area contributed by atoms with Crippen LogP contribution in [0.4, 0.5) is 10.6 Å². The van der Waals surface area contributed by atoms with Crippen molar-refractivity contribution in [1.29, 1.82) is 0 Å². The summed E-state index contributed by atoms with van der Waals surface area (Å²) in [5, 5.41) is 16.9. The number of hydrogen-bond acceptors (Lipinski definition) is 6. The van der Waals surface area contributed by atoms with Crippen LogP contribution < -0.4 is 20.5 Å². The summed E-state index contributed by atoms with van der Waals surface area (Å²) in [4.78, 5) is 24.9. The number of carbonyl (C=O) groups excluding carboxylic acids is 1. The minimum absolute atomic E-state index is 0.179. The standard InChI is InChI=1S/C21H25N5O5/c1-4-23-20-18(19(22)27)17(24-26(20)14-7-8-25(12-14)21(28)29)6-5-13-9-15(30-2)11-16(10-13)31-3/h9-11,14,23H,4,7-8,12H2,1-3H3,(H2,22,27)(H,28,29). The molecule has 0 spiro atoms. The van der Waals surface area contributed by atoms with Gasteiger partial charge in [0.15, 0.2) is 5.69 Å². The highest BCUT2D eigenvalue weighted by molar-refractivity contribution is 6.00. The summed E-state index contributed by atoms with van der Waals surface area (Å²) in [7, 11) is 3.09.